The molecular formula is C10H11NO. The summed E-state index contributed by atoms with van der Waals surface area (Å²) in [7, 11) is 0. The van der Waals surface area contributed by atoms with Crippen LogP contribution in [0.4, 0.5) is 0 Å². The number of H-pyrrole nitrogens is 1. The van der Waals surface area contributed by atoms with Gasteiger partial charge in [-0.1, -0.05) is 12.1 Å². The summed E-state index contributed by atoms with van der Waals surface area (Å²) in [4.78, 5) is 13.7. The average Bonchev–Trinajstić information content (AvgIpc) is 2.03. The predicted octanol–water partition coefficient (Wildman–Crippen LogP) is 2.08. The number of rotatable bonds is 0. The standard InChI is InChI=1S/C10H9NO.H2/c1-7-2-3-8-4-5-10(12)11-9(8)6-7;/h2-6H,1H3,(H,11,12);1H. The molecule has 0 aliphatic rings. The second-order valence-corrected chi connectivity index (χ2v) is 2.91. The van der Waals surface area contributed by atoms with Gasteiger partial charge < -0.3 is 4.98 Å². The second-order valence-electron chi connectivity index (χ2n) is 2.91. The molecule has 12 heavy (non-hydrogen) atoms. The molecule has 2 rings (SSSR count). The monoisotopic (exact) mass is 161 g/mol. The summed E-state index contributed by atoms with van der Waals surface area (Å²) in [5, 5.41) is 1.07. The van der Waals surface area contributed by atoms with Crippen molar-refractivity contribution in [2.24, 2.45) is 0 Å². The van der Waals surface area contributed by atoms with E-state index in [1.165, 1.54) is 6.07 Å². The van der Waals surface area contributed by atoms with Crippen LogP contribution in [-0.4, -0.2) is 4.98 Å². The van der Waals surface area contributed by atoms with Crippen molar-refractivity contribution in [2.75, 3.05) is 0 Å². The van der Waals surface area contributed by atoms with Gasteiger partial charge in [0, 0.05) is 13.0 Å². The van der Waals surface area contributed by atoms with Crippen LogP contribution in [0.3, 0.4) is 0 Å². The van der Waals surface area contributed by atoms with E-state index < -0.39 is 0 Å². The highest BCUT2D eigenvalue weighted by Crippen LogP contribution is 2.10. The van der Waals surface area contributed by atoms with E-state index >= 15 is 0 Å². The minimum absolute atomic E-state index is 0. The fraction of sp³-hybridized carbons (Fsp3) is 0.100. The normalized spacial score (nSPS) is 10.4. The molecular weight excluding hydrogens is 150 g/mol. The fourth-order valence-electron chi connectivity index (χ4n) is 1.26. The van der Waals surface area contributed by atoms with Crippen LogP contribution in [0.1, 0.15) is 6.99 Å². The van der Waals surface area contributed by atoms with Crippen LogP contribution in [0.2, 0.25) is 0 Å². The van der Waals surface area contributed by atoms with Crippen LogP contribution in [0.15, 0.2) is 35.1 Å². The Hall–Kier alpha value is -1.57. The maximum absolute atomic E-state index is 10.9. The van der Waals surface area contributed by atoms with Crippen LogP contribution < -0.4 is 5.56 Å². The van der Waals surface area contributed by atoms with Gasteiger partial charge in [-0.25, -0.2) is 0 Å². The molecule has 2 aromatic rings. The summed E-state index contributed by atoms with van der Waals surface area (Å²) in [6, 6.07) is 9.36. The summed E-state index contributed by atoms with van der Waals surface area (Å²) >= 11 is 0. The number of aryl methyl sites for hydroxylation is 1. The first-order valence-electron chi connectivity index (χ1n) is 3.85. The molecule has 0 fully saturated rings. The van der Waals surface area contributed by atoms with E-state index in [4.69, 9.17) is 0 Å². The first-order valence-corrected chi connectivity index (χ1v) is 3.85. The number of hydrogen-bond acceptors (Lipinski definition) is 1. The van der Waals surface area contributed by atoms with E-state index in [9.17, 15) is 4.79 Å². The van der Waals surface area contributed by atoms with E-state index in [1.807, 2.05) is 31.2 Å². The van der Waals surface area contributed by atoms with Crippen molar-refractivity contribution in [1.82, 2.24) is 4.98 Å². The lowest BCUT2D eigenvalue weighted by Crippen LogP contribution is -2.01. The van der Waals surface area contributed by atoms with Crippen LogP contribution in [0.5, 0.6) is 0 Å². The van der Waals surface area contributed by atoms with Crippen molar-refractivity contribution in [3.05, 3.63) is 46.2 Å². The lowest BCUT2D eigenvalue weighted by Gasteiger charge is -1.97. The second kappa shape index (κ2) is 2.48. The van der Waals surface area contributed by atoms with Gasteiger partial charge >= 0.3 is 0 Å². The van der Waals surface area contributed by atoms with Crippen molar-refractivity contribution in [3.63, 3.8) is 0 Å². The number of aromatic nitrogens is 1. The summed E-state index contributed by atoms with van der Waals surface area (Å²) in [5.41, 5.74) is 2.01. The Morgan fingerprint density at radius 3 is 2.83 bits per heavy atom. The molecule has 1 aromatic heterocycles. The Morgan fingerprint density at radius 2 is 2.00 bits per heavy atom. The van der Waals surface area contributed by atoms with Crippen molar-refractivity contribution >= 4 is 10.9 Å². The largest absolute Gasteiger partial charge is 0.322 e. The molecule has 0 saturated heterocycles. The lowest BCUT2D eigenvalue weighted by molar-refractivity contribution is 1.30. The fourth-order valence-corrected chi connectivity index (χ4v) is 1.26. The molecule has 0 spiro atoms. The van der Waals surface area contributed by atoms with Crippen molar-refractivity contribution in [3.8, 4) is 0 Å². The minimum Gasteiger partial charge on any atom is -0.322 e. The molecule has 2 heteroatoms. The number of aromatic amines is 1. The molecule has 1 aromatic carbocycles. The topological polar surface area (TPSA) is 32.9 Å². The molecule has 0 radical (unpaired) electrons. The van der Waals surface area contributed by atoms with Crippen molar-refractivity contribution < 1.29 is 1.43 Å². The number of benzene rings is 1. The minimum atomic E-state index is -0.0481. The molecule has 0 aliphatic heterocycles. The maximum Gasteiger partial charge on any atom is 0.248 e. The van der Waals surface area contributed by atoms with Crippen LogP contribution in [0.25, 0.3) is 10.9 Å². The first-order chi connectivity index (χ1) is 5.75. The molecule has 0 unspecified atom stereocenters. The third-order valence-electron chi connectivity index (χ3n) is 1.88. The Bertz CT molecular complexity index is 476. The van der Waals surface area contributed by atoms with Gasteiger partial charge in [-0.2, -0.15) is 0 Å². The molecule has 0 saturated carbocycles. The number of nitrogens with one attached hydrogen (secondary N) is 1. The summed E-state index contributed by atoms with van der Waals surface area (Å²) in [5.74, 6) is 0. The summed E-state index contributed by atoms with van der Waals surface area (Å²) in [6.07, 6.45) is 0. The number of fused-ring (bicyclic) bond motifs is 1. The van der Waals surface area contributed by atoms with E-state index in [0.29, 0.717) is 0 Å². The predicted molar refractivity (Wildman–Crippen MR) is 51.4 cm³/mol. The number of pyridine rings is 1. The third kappa shape index (κ3) is 1.11. The molecule has 1 N–H and O–H groups in total. The van der Waals surface area contributed by atoms with E-state index in [-0.39, 0.29) is 6.99 Å². The highest BCUT2D eigenvalue weighted by atomic mass is 16.1. The first kappa shape index (κ1) is 7.10. The molecule has 0 bridgehead atoms. The Kier molecular flexibility index (Phi) is 1.47. The molecule has 1 heterocycles. The van der Waals surface area contributed by atoms with Gasteiger partial charge in [0.1, 0.15) is 0 Å². The SMILES string of the molecule is Cc1ccc2ccc(=O)[nH]c2c1.[HH]. The van der Waals surface area contributed by atoms with Gasteiger partial charge in [0.2, 0.25) is 5.56 Å². The average molecular weight is 161 g/mol. The van der Waals surface area contributed by atoms with E-state index in [1.54, 1.807) is 0 Å². The summed E-state index contributed by atoms with van der Waals surface area (Å²) < 4.78 is 0. The Morgan fingerprint density at radius 1 is 1.25 bits per heavy atom. The molecule has 2 nitrogen and oxygen atoms in total. The molecule has 0 aliphatic carbocycles. The zero-order chi connectivity index (χ0) is 8.55. The van der Waals surface area contributed by atoms with Crippen molar-refractivity contribution in [1.29, 1.82) is 0 Å². The van der Waals surface area contributed by atoms with Crippen LogP contribution in [-0.2, 0) is 0 Å². The number of hydrogen-bond donors (Lipinski definition) is 1. The van der Waals surface area contributed by atoms with Crippen LogP contribution in [0, 0.1) is 6.92 Å². The van der Waals surface area contributed by atoms with Crippen LogP contribution >= 0.6 is 0 Å². The van der Waals surface area contributed by atoms with E-state index in [0.717, 1.165) is 16.5 Å². The van der Waals surface area contributed by atoms with Crippen molar-refractivity contribution in [2.45, 2.75) is 6.92 Å². The molecule has 62 valence electrons. The van der Waals surface area contributed by atoms with Gasteiger partial charge in [0.25, 0.3) is 0 Å². The van der Waals surface area contributed by atoms with Gasteiger partial charge in [-0.3, -0.25) is 4.79 Å². The summed E-state index contributed by atoms with van der Waals surface area (Å²) in [6.45, 7) is 2.00. The van der Waals surface area contributed by atoms with Gasteiger partial charge in [0.05, 0.1) is 0 Å². The van der Waals surface area contributed by atoms with E-state index in [2.05, 4.69) is 4.98 Å². The third-order valence-corrected chi connectivity index (χ3v) is 1.88. The highest BCUT2D eigenvalue weighted by molar-refractivity contribution is 5.78. The smallest absolute Gasteiger partial charge is 0.248 e. The Balaban J connectivity index is 0.000000845. The van der Waals surface area contributed by atoms with Gasteiger partial charge in [-0.15, -0.1) is 0 Å². The van der Waals surface area contributed by atoms with Gasteiger partial charge in [0.15, 0.2) is 0 Å². The highest BCUT2D eigenvalue weighted by Gasteiger charge is 1.92. The maximum atomic E-state index is 10.9. The molecule has 0 amide bonds. The quantitative estimate of drug-likeness (QED) is 0.630. The Labute approximate surface area is 71.3 Å². The zero-order valence-corrected chi connectivity index (χ0v) is 6.79. The molecule has 0 atom stereocenters. The lowest BCUT2D eigenvalue weighted by atomic mass is 10.1. The van der Waals surface area contributed by atoms with Gasteiger partial charge in [-0.05, 0) is 30.0 Å². The zero-order valence-electron chi connectivity index (χ0n) is 6.79.